The van der Waals surface area contributed by atoms with Crippen LogP contribution < -0.4 is 0 Å². The number of carbonyl (C=O) groups is 1. The summed E-state index contributed by atoms with van der Waals surface area (Å²) >= 11 is 1.61. The van der Waals surface area contributed by atoms with Gasteiger partial charge in [-0.1, -0.05) is 30.3 Å². The zero-order chi connectivity index (χ0) is 11.8. The van der Waals surface area contributed by atoms with Crippen molar-refractivity contribution < 1.29 is 4.79 Å². The lowest BCUT2D eigenvalue weighted by Gasteiger charge is -1.98. The Morgan fingerprint density at radius 1 is 1.18 bits per heavy atom. The second-order valence-electron chi connectivity index (χ2n) is 4.63. The number of aryl methyl sites for hydroxylation is 1. The predicted molar refractivity (Wildman–Crippen MR) is 70.7 cm³/mol. The van der Waals surface area contributed by atoms with Crippen LogP contribution in [-0.2, 0) is 0 Å². The van der Waals surface area contributed by atoms with Crippen molar-refractivity contribution in [2.75, 3.05) is 0 Å². The van der Waals surface area contributed by atoms with Gasteiger partial charge in [0.15, 0.2) is 5.78 Å². The van der Waals surface area contributed by atoms with Gasteiger partial charge in [-0.25, -0.2) is 0 Å². The zero-order valence-electron chi connectivity index (χ0n) is 9.72. The Labute approximate surface area is 105 Å². The third kappa shape index (κ3) is 2.05. The highest BCUT2D eigenvalue weighted by atomic mass is 32.1. The molecule has 1 saturated carbocycles. The van der Waals surface area contributed by atoms with E-state index in [1.165, 1.54) is 10.4 Å². The predicted octanol–water partition coefficient (Wildman–Crippen LogP) is 4.04. The van der Waals surface area contributed by atoms with Crippen LogP contribution in [0.15, 0.2) is 42.5 Å². The molecule has 1 heterocycles. The quantitative estimate of drug-likeness (QED) is 0.742. The van der Waals surface area contributed by atoms with Gasteiger partial charge in [-0.15, -0.1) is 11.3 Å². The molecule has 2 atom stereocenters. The van der Waals surface area contributed by atoms with Gasteiger partial charge in [0.2, 0.25) is 0 Å². The van der Waals surface area contributed by atoms with Gasteiger partial charge in [-0.05, 0) is 37.0 Å². The number of carbonyl (C=O) groups excluding carboxylic acids is 1. The Morgan fingerprint density at radius 3 is 2.59 bits per heavy atom. The van der Waals surface area contributed by atoms with E-state index in [-0.39, 0.29) is 5.92 Å². The van der Waals surface area contributed by atoms with E-state index >= 15 is 0 Å². The summed E-state index contributed by atoms with van der Waals surface area (Å²) in [5.41, 5.74) is 1.30. The molecule has 0 amide bonds. The SMILES string of the molecule is Cc1ccc(C(=O)C2CC2c2ccccc2)s1. The Kier molecular flexibility index (Phi) is 2.60. The highest BCUT2D eigenvalue weighted by Crippen LogP contribution is 2.49. The molecule has 2 heteroatoms. The minimum absolute atomic E-state index is 0.218. The molecule has 1 aliphatic carbocycles. The van der Waals surface area contributed by atoms with E-state index in [1.54, 1.807) is 11.3 Å². The van der Waals surface area contributed by atoms with E-state index in [4.69, 9.17) is 0 Å². The fraction of sp³-hybridized carbons (Fsp3) is 0.267. The van der Waals surface area contributed by atoms with Gasteiger partial charge >= 0.3 is 0 Å². The summed E-state index contributed by atoms with van der Waals surface area (Å²) in [6.45, 7) is 2.04. The van der Waals surface area contributed by atoms with Gasteiger partial charge in [-0.2, -0.15) is 0 Å². The monoisotopic (exact) mass is 242 g/mol. The number of hydrogen-bond donors (Lipinski definition) is 0. The molecular weight excluding hydrogens is 228 g/mol. The van der Waals surface area contributed by atoms with Crippen LogP contribution in [0.1, 0.15) is 32.5 Å². The van der Waals surface area contributed by atoms with E-state index in [0.29, 0.717) is 11.7 Å². The van der Waals surface area contributed by atoms with E-state index in [9.17, 15) is 4.79 Å². The molecule has 0 aliphatic heterocycles. The molecular formula is C15H14OS. The lowest BCUT2D eigenvalue weighted by atomic mass is 10.1. The first kappa shape index (κ1) is 10.7. The topological polar surface area (TPSA) is 17.1 Å². The maximum atomic E-state index is 12.2. The highest BCUT2D eigenvalue weighted by Gasteiger charge is 2.44. The van der Waals surface area contributed by atoms with E-state index < -0.39 is 0 Å². The number of thiophene rings is 1. The lowest BCUT2D eigenvalue weighted by molar-refractivity contribution is 0.0969. The minimum Gasteiger partial charge on any atom is -0.293 e. The molecule has 1 aromatic heterocycles. The van der Waals surface area contributed by atoms with Crippen LogP contribution in [0.5, 0.6) is 0 Å². The van der Waals surface area contributed by atoms with Gasteiger partial charge in [-0.3, -0.25) is 4.79 Å². The summed E-state index contributed by atoms with van der Waals surface area (Å²) in [4.78, 5) is 14.3. The highest BCUT2D eigenvalue weighted by molar-refractivity contribution is 7.14. The van der Waals surface area contributed by atoms with Crippen molar-refractivity contribution in [3.63, 3.8) is 0 Å². The molecule has 2 aromatic rings. The average molecular weight is 242 g/mol. The fourth-order valence-corrected chi connectivity index (χ4v) is 3.17. The molecule has 1 nitrogen and oxygen atoms in total. The Morgan fingerprint density at radius 2 is 1.94 bits per heavy atom. The van der Waals surface area contributed by atoms with E-state index in [1.807, 2.05) is 37.3 Å². The maximum absolute atomic E-state index is 12.2. The van der Waals surface area contributed by atoms with Crippen LogP contribution in [0.4, 0.5) is 0 Å². The van der Waals surface area contributed by atoms with E-state index in [0.717, 1.165) is 11.3 Å². The van der Waals surface area contributed by atoms with Crippen LogP contribution in [0, 0.1) is 12.8 Å². The smallest absolute Gasteiger partial charge is 0.176 e. The fourth-order valence-electron chi connectivity index (χ4n) is 2.30. The van der Waals surface area contributed by atoms with Crippen molar-refractivity contribution in [2.24, 2.45) is 5.92 Å². The zero-order valence-corrected chi connectivity index (χ0v) is 10.5. The Hall–Kier alpha value is -1.41. The number of ketones is 1. The molecule has 1 fully saturated rings. The van der Waals surface area contributed by atoms with Crippen molar-refractivity contribution in [1.29, 1.82) is 0 Å². The summed E-state index contributed by atoms with van der Waals surface area (Å²) in [7, 11) is 0. The summed E-state index contributed by atoms with van der Waals surface area (Å²) in [5, 5.41) is 0. The molecule has 17 heavy (non-hydrogen) atoms. The maximum Gasteiger partial charge on any atom is 0.176 e. The minimum atomic E-state index is 0.218. The summed E-state index contributed by atoms with van der Waals surface area (Å²) in [6, 6.07) is 14.3. The van der Waals surface area contributed by atoms with Crippen molar-refractivity contribution in [2.45, 2.75) is 19.3 Å². The van der Waals surface area contributed by atoms with Crippen molar-refractivity contribution in [3.05, 3.63) is 57.8 Å². The molecule has 1 aromatic carbocycles. The van der Waals surface area contributed by atoms with Crippen LogP contribution in [0.3, 0.4) is 0 Å². The Bertz CT molecular complexity index is 541. The average Bonchev–Trinajstić information content (AvgIpc) is 3.05. The summed E-state index contributed by atoms with van der Waals surface area (Å²) < 4.78 is 0. The second-order valence-corrected chi connectivity index (χ2v) is 5.92. The van der Waals surface area contributed by atoms with Gasteiger partial charge in [0.25, 0.3) is 0 Å². The Balaban J connectivity index is 1.75. The molecule has 0 bridgehead atoms. The van der Waals surface area contributed by atoms with Crippen molar-refractivity contribution in [1.82, 2.24) is 0 Å². The second kappa shape index (κ2) is 4.11. The molecule has 1 aliphatic rings. The molecule has 2 unspecified atom stereocenters. The number of rotatable bonds is 3. The largest absolute Gasteiger partial charge is 0.293 e. The molecule has 0 radical (unpaired) electrons. The van der Waals surface area contributed by atoms with Gasteiger partial charge in [0, 0.05) is 10.8 Å². The molecule has 0 N–H and O–H groups in total. The third-order valence-corrected chi connectivity index (χ3v) is 4.35. The van der Waals surface area contributed by atoms with E-state index in [2.05, 4.69) is 12.1 Å². The lowest BCUT2D eigenvalue weighted by Crippen LogP contribution is -2.00. The van der Waals surface area contributed by atoms with Crippen LogP contribution >= 0.6 is 11.3 Å². The van der Waals surface area contributed by atoms with Gasteiger partial charge in [0.1, 0.15) is 0 Å². The molecule has 86 valence electrons. The van der Waals surface area contributed by atoms with Crippen molar-refractivity contribution >= 4 is 17.1 Å². The first-order valence-electron chi connectivity index (χ1n) is 5.91. The van der Waals surface area contributed by atoms with Crippen LogP contribution in [0.25, 0.3) is 0 Å². The van der Waals surface area contributed by atoms with Crippen LogP contribution in [-0.4, -0.2) is 5.78 Å². The summed E-state index contributed by atoms with van der Waals surface area (Å²) in [6.07, 6.45) is 1.01. The number of benzene rings is 1. The van der Waals surface area contributed by atoms with Crippen molar-refractivity contribution in [3.8, 4) is 0 Å². The number of hydrogen-bond acceptors (Lipinski definition) is 2. The first-order chi connectivity index (χ1) is 8.25. The molecule has 3 rings (SSSR count). The first-order valence-corrected chi connectivity index (χ1v) is 6.73. The molecule has 0 spiro atoms. The number of Topliss-reactive ketones (excluding diaryl/α,β-unsaturated/α-hetero) is 1. The standard InChI is InChI=1S/C15H14OS/c1-10-7-8-14(17-10)15(16)13-9-12(13)11-5-3-2-4-6-11/h2-8,12-13H,9H2,1H3. The van der Waals surface area contributed by atoms with Gasteiger partial charge in [0.05, 0.1) is 4.88 Å². The summed E-state index contributed by atoms with van der Waals surface area (Å²) in [5.74, 6) is 0.999. The van der Waals surface area contributed by atoms with Crippen LogP contribution in [0.2, 0.25) is 0 Å². The van der Waals surface area contributed by atoms with Gasteiger partial charge < -0.3 is 0 Å². The molecule has 0 saturated heterocycles. The third-order valence-electron chi connectivity index (χ3n) is 3.34. The normalized spacial score (nSPS) is 22.4.